The maximum Gasteiger partial charge on any atom is 0.228 e. The molecule has 0 saturated carbocycles. The summed E-state index contributed by atoms with van der Waals surface area (Å²) in [5.74, 6) is 0.429. The molecule has 2 atom stereocenters. The Morgan fingerprint density at radius 1 is 1.30 bits per heavy atom. The highest BCUT2D eigenvalue weighted by Crippen LogP contribution is 2.33. The molecule has 1 aromatic heterocycles. The Bertz CT molecular complexity index is 629. The van der Waals surface area contributed by atoms with Crippen LogP contribution in [-0.4, -0.2) is 15.0 Å². The van der Waals surface area contributed by atoms with Gasteiger partial charge in [0.15, 0.2) is 12.0 Å². The van der Waals surface area contributed by atoms with Crippen LogP contribution in [0.2, 0.25) is 0 Å². The van der Waals surface area contributed by atoms with Crippen molar-refractivity contribution in [2.24, 2.45) is 0 Å². The maximum atomic E-state index is 13.3. The molecule has 0 unspecified atom stereocenters. The van der Waals surface area contributed by atoms with E-state index in [1.165, 1.54) is 18.1 Å². The summed E-state index contributed by atoms with van der Waals surface area (Å²) in [4.78, 5) is 11.9. The third-order valence-electron chi connectivity index (χ3n) is 3.46. The molecule has 1 heterocycles. The number of benzene rings is 1. The molecule has 2 aromatic rings. The Morgan fingerprint density at radius 3 is 2.90 bits per heavy atom. The second kappa shape index (κ2) is 5.03. The summed E-state index contributed by atoms with van der Waals surface area (Å²) in [6.45, 7) is 1.38. The van der Waals surface area contributed by atoms with Gasteiger partial charge in [0.1, 0.15) is 0 Å². The molecule has 0 spiro atoms. The zero-order chi connectivity index (χ0) is 14.1. The molecule has 1 aromatic carbocycles. The van der Waals surface area contributed by atoms with E-state index in [1.807, 2.05) is 12.1 Å². The number of hydrogen-bond donors (Lipinski definition) is 2. The topological polar surface area (TPSA) is 76.7 Å². The van der Waals surface area contributed by atoms with E-state index in [4.69, 9.17) is 5.73 Å². The highest BCUT2D eigenvalue weighted by atomic mass is 19.1. The third kappa shape index (κ3) is 2.41. The van der Waals surface area contributed by atoms with Crippen LogP contribution in [0.5, 0.6) is 0 Å². The predicted octanol–water partition coefficient (Wildman–Crippen LogP) is 2.58. The lowest BCUT2D eigenvalue weighted by Crippen LogP contribution is -2.13. The van der Waals surface area contributed by atoms with Gasteiger partial charge in [0, 0.05) is 0 Å². The number of fused-ring (bicyclic) bond motifs is 1. The Kier molecular flexibility index (Phi) is 3.22. The van der Waals surface area contributed by atoms with E-state index in [1.54, 1.807) is 0 Å². The van der Waals surface area contributed by atoms with Gasteiger partial charge in [0.2, 0.25) is 11.9 Å². The van der Waals surface area contributed by atoms with Crippen molar-refractivity contribution in [3.63, 3.8) is 0 Å². The molecular formula is C14H16FN5. The van der Waals surface area contributed by atoms with Gasteiger partial charge in [-0.15, -0.1) is 0 Å². The molecule has 0 radical (unpaired) electrons. The highest BCUT2D eigenvalue weighted by Gasteiger charge is 2.23. The maximum absolute atomic E-state index is 13.3. The normalized spacial score (nSPS) is 18.6. The molecule has 0 fully saturated rings. The predicted molar refractivity (Wildman–Crippen MR) is 74.9 cm³/mol. The fraction of sp³-hybridized carbons (Fsp3) is 0.357. The minimum atomic E-state index is -1.27. The average molecular weight is 273 g/mol. The number of rotatable bonds is 3. The van der Waals surface area contributed by atoms with Gasteiger partial charge in [-0.25, -0.2) is 4.39 Å². The zero-order valence-electron chi connectivity index (χ0n) is 11.2. The fourth-order valence-electron chi connectivity index (χ4n) is 2.51. The van der Waals surface area contributed by atoms with Crippen molar-refractivity contribution in [3.05, 3.63) is 41.2 Å². The van der Waals surface area contributed by atoms with Gasteiger partial charge >= 0.3 is 0 Å². The summed E-state index contributed by atoms with van der Waals surface area (Å²) in [6.07, 6.45) is 0.711. The van der Waals surface area contributed by atoms with Gasteiger partial charge in [-0.1, -0.05) is 24.3 Å². The van der Waals surface area contributed by atoms with Gasteiger partial charge in [-0.05, 0) is 30.9 Å². The molecule has 1 aliphatic rings. The lowest BCUT2D eigenvalue weighted by Gasteiger charge is -2.14. The van der Waals surface area contributed by atoms with Gasteiger partial charge in [0.25, 0.3) is 0 Å². The van der Waals surface area contributed by atoms with E-state index in [2.05, 4.69) is 32.4 Å². The molecule has 0 saturated heterocycles. The van der Waals surface area contributed by atoms with E-state index < -0.39 is 6.17 Å². The van der Waals surface area contributed by atoms with Crippen LogP contribution in [0.1, 0.15) is 42.5 Å². The molecule has 0 bridgehead atoms. The van der Waals surface area contributed by atoms with Crippen LogP contribution in [0, 0.1) is 0 Å². The van der Waals surface area contributed by atoms with E-state index in [9.17, 15) is 4.39 Å². The lowest BCUT2D eigenvalue weighted by atomic mass is 10.1. The molecule has 5 nitrogen and oxygen atoms in total. The number of nitrogens with zero attached hydrogens (tertiary/aromatic N) is 3. The number of nitrogens with one attached hydrogen (secondary N) is 1. The summed E-state index contributed by atoms with van der Waals surface area (Å²) in [5.41, 5.74) is 8.16. The minimum Gasteiger partial charge on any atom is -0.368 e. The van der Waals surface area contributed by atoms with E-state index in [0.717, 1.165) is 12.8 Å². The van der Waals surface area contributed by atoms with Crippen molar-refractivity contribution >= 4 is 11.9 Å². The minimum absolute atomic E-state index is 0.0354. The molecule has 1 aliphatic carbocycles. The van der Waals surface area contributed by atoms with Crippen LogP contribution in [0.4, 0.5) is 16.3 Å². The van der Waals surface area contributed by atoms with Crippen LogP contribution in [0.3, 0.4) is 0 Å². The second-order valence-electron chi connectivity index (χ2n) is 4.93. The van der Waals surface area contributed by atoms with E-state index in [0.29, 0.717) is 5.95 Å². The molecule has 104 valence electrons. The number of nitrogens with two attached hydrogens (primary N) is 1. The van der Waals surface area contributed by atoms with Gasteiger partial charge in [0.05, 0.1) is 6.04 Å². The second-order valence-corrected chi connectivity index (χ2v) is 4.93. The van der Waals surface area contributed by atoms with Crippen LogP contribution in [-0.2, 0) is 6.42 Å². The van der Waals surface area contributed by atoms with Crippen molar-refractivity contribution in [2.75, 3.05) is 11.1 Å². The quantitative estimate of drug-likeness (QED) is 0.898. The first-order valence-corrected chi connectivity index (χ1v) is 6.63. The fourth-order valence-corrected chi connectivity index (χ4v) is 2.51. The number of hydrogen-bond acceptors (Lipinski definition) is 5. The summed E-state index contributed by atoms with van der Waals surface area (Å²) in [7, 11) is 0. The number of aryl methyl sites for hydroxylation is 1. The first-order chi connectivity index (χ1) is 9.63. The Labute approximate surface area is 116 Å². The summed E-state index contributed by atoms with van der Waals surface area (Å²) >= 11 is 0. The molecular weight excluding hydrogens is 257 g/mol. The third-order valence-corrected chi connectivity index (χ3v) is 3.46. The van der Waals surface area contributed by atoms with Gasteiger partial charge in [-0.2, -0.15) is 15.0 Å². The van der Waals surface area contributed by atoms with Crippen LogP contribution in [0.25, 0.3) is 0 Å². The number of halogens is 1. The standard InChI is InChI=1S/C14H16FN5/c1-8(15)12-18-13(16)20-14(19-12)17-11-7-6-9-4-2-3-5-10(9)11/h2-5,8,11H,6-7H2,1H3,(H3,16,17,18,19,20)/t8-,11-/m1/s1. The largest absolute Gasteiger partial charge is 0.368 e. The number of alkyl halides is 1. The van der Waals surface area contributed by atoms with E-state index in [-0.39, 0.29) is 17.8 Å². The lowest BCUT2D eigenvalue weighted by molar-refractivity contribution is 0.356. The monoisotopic (exact) mass is 273 g/mol. The average Bonchev–Trinajstić information content (AvgIpc) is 2.82. The highest BCUT2D eigenvalue weighted by molar-refractivity contribution is 5.41. The first kappa shape index (κ1) is 12.8. The number of anilines is 2. The first-order valence-electron chi connectivity index (χ1n) is 6.63. The molecule has 3 rings (SSSR count). The molecule has 20 heavy (non-hydrogen) atoms. The summed E-state index contributed by atoms with van der Waals surface area (Å²) in [6, 6.07) is 8.38. The number of nitrogen functional groups attached to an aromatic ring is 1. The zero-order valence-corrected chi connectivity index (χ0v) is 11.2. The van der Waals surface area contributed by atoms with Gasteiger partial charge < -0.3 is 11.1 Å². The number of aromatic nitrogens is 3. The van der Waals surface area contributed by atoms with Crippen LogP contribution >= 0.6 is 0 Å². The smallest absolute Gasteiger partial charge is 0.228 e. The summed E-state index contributed by atoms with van der Waals surface area (Å²) in [5, 5.41) is 3.22. The van der Waals surface area contributed by atoms with Crippen LogP contribution in [0.15, 0.2) is 24.3 Å². The Hall–Kier alpha value is -2.24. The van der Waals surface area contributed by atoms with Crippen molar-refractivity contribution in [1.29, 1.82) is 0 Å². The van der Waals surface area contributed by atoms with Crippen molar-refractivity contribution in [1.82, 2.24) is 15.0 Å². The van der Waals surface area contributed by atoms with Crippen molar-refractivity contribution < 1.29 is 4.39 Å². The van der Waals surface area contributed by atoms with Crippen molar-refractivity contribution in [3.8, 4) is 0 Å². The summed E-state index contributed by atoms with van der Waals surface area (Å²) < 4.78 is 13.3. The van der Waals surface area contributed by atoms with Crippen molar-refractivity contribution in [2.45, 2.75) is 32.0 Å². The molecule has 0 aliphatic heterocycles. The molecule has 0 amide bonds. The Balaban J connectivity index is 1.86. The van der Waals surface area contributed by atoms with E-state index >= 15 is 0 Å². The molecule has 3 N–H and O–H groups in total. The SMILES string of the molecule is C[C@@H](F)c1nc(N)nc(N[C@@H]2CCc3ccccc32)n1. The molecule has 6 heteroatoms. The Morgan fingerprint density at radius 2 is 2.10 bits per heavy atom. The van der Waals surface area contributed by atoms with Gasteiger partial charge in [-0.3, -0.25) is 0 Å². The van der Waals surface area contributed by atoms with Crippen LogP contribution < -0.4 is 11.1 Å².